The molecule has 0 aliphatic carbocycles. The minimum atomic E-state index is -4.19. The molecular weight excluding hydrogens is 253 g/mol. The topological polar surface area (TPSA) is 34.1 Å². The van der Waals surface area contributed by atoms with Crippen molar-refractivity contribution in [3.05, 3.63) is 18.3 Å². The van der Waals surface area contributed by atoms with Crippen molar-refractivity contribution in [1.29, 1.82) is 0 Å². The summed E-state index contributed by atoms with van der Waals surface area (Å²) in [6.07, 6.45) is 1.56. The van der Waals surface area contributed by atoms with Crippen LogP contribution in [-0.4, -0.2) is 29.4 Å². The highest BCUT2D eigenvalue weighted by Crippen LogP contribution is 2.30. The van der Waals surface area contributed by atoms with Gasteiger partial charge in [-0.3, -0.25) is 0 Å². The molecule has 0 aromatic carbocycles. The van der Waals surface area contributed by atoms with E-state index >= 15 is 0 Å². The number of aromatic nitrogens is 1. The Morgan fingerprint density at radius 1 is 1.47 bits per heavy atom. The second-order valence-corrected chi connectivity index (χ2v) is 4.16. The molecule has 0 aliphatic rings. The second kappa shape index (κ2) is 6.58. The van der Waals surface area contributed by atoms with Crippen LogP contribution >= 0.6 is 11.8 Å². The Morgan fingerprint density at radius 2 is 2.24 bits per heavy atom. The molecule has 17 heavy (non-hydrogen) atoms. The molecule has 0 atom stereocenters. The van der Waals surface area contributed by atoms with Crippen molar-refractivity contribution < 1.29 is 17.9 Å². The van der Waals surface area contributed by atoms with Crippen molar-refractivity contribution in [2.75, 3.05) is 24.2 Å². The molecular formula is C10H13F3N2OS. The number of halogens is 3. The Hall–Kier alpha value is -1.11. The fraction of sp³-hybridized carbons (Fsp3) is 0.500. The van der Waals surface area contributed by atoms with Crippen LogP contribution in [0.5, 0.6) is 5.75 Å². The average molecular weight is 266 g/mol. The number of anilines is 1. The van der Waals surface area contributed by atoms with E-state index in [0.29, 0.717) is 18.2 Å². The van der Waals surface area contributed by atoms with Crippen LogP contribution in [0.1, 0.15) is 6.92 Å². The summed E-state index contributed by atoms with van der Waals surface area (Å²) >= 11 is -0.0591. The summed E-state index contributed by atoms with van der Waals surface area (Å²) in [7, 11) is 0. The first-order valence-electron chi connectivity index (χ1n) is 5.05. The summed E-state index contributed by atoms with van der Waals surface area (Å²) in [5.74, 6) is 0.954. The highest BCUT2D eigenvalue weighted by atomic mass is 32.2. The Kier molecular flexibility index (Phi) is 5.40. The van der Waals surface area contributed by atoms with Gasteiger partial charge in [0.25, 0.3) is 0 Å². The lowest BCUT2D eigenvalue weighted by molar-refractivity contribution is -0.0327. The molecule has 0 saturated carbocycles. The number of rotatable bonds is 6. The van der Waals surface area contributed by atoms with Crippen LogP contribution in [0, 0.1) is 0 Å². The van der Waals surface area contributed by atoms with Gasteiger partial charge in [0.15, 0.2) is 11.6 Å². The summed E-state index contributed by atoms with van der Waals surface area (Å²) in [5, 5.41) is 2.81. The van der Waals surface area contributed by atoms with Crippen LogP contribution in [0.3, 0.4) is 0 Å². The number of hydrogen-bond acceptors (Lipinski definition) is 4. The smallest absolute Gasteiger partial charge is 0.441 e. The Bertz CT molecular complexity index is 347. The van der Waals surface area contributed by atoms with E-state index < -0.39 is 5.51 Å². The van der Waals surface area contributed by atoms with Gasteiger partial charge in [0.2, 0.25) is 0 Å². The third-order valence-electron chi connectivity index (χ3n) is 1.73. The van der Waals surface area contributed by atoms with E-state index in [-0.39, 0.29) is 24.1 Å². The van der Waals surface area contributed by atoms with Crippen molar-refractivity contribution in [2.24, 2.45) is 0 Å². The zero-order chi connectivity index (χ0) is 12.7. The third kappa shape index (κ3) is 5.67. The molecule has 0 unspecified atom stereocenters. The van der Waals surface area contributed by atoms with Gasteiger partial charge < -0.3 is 10.1 Å². The van der Waals surface area contributed by atoms with Gasteiger partial charge in [-0.1, -0.05) is 0 Å². The lowest BCUT2D eigenvalue weighted by Gasteiger charge is -2.11. The van der Waals surface area contributed by atoms with E-state index in [9.17, 15) is 13.2 Å². The first-order valence-corrected chi connectivity index (χ1v) is 6.04. The molecule has 7 heteroatoms. The third-order valence-corrected chi connectivity index (χ3v) is 2.47. The van der Waals surface area contributed by atoms with Gasteiger partial charge in [-0.15, -0.1) is 0 Å². The molecule has 0 aliphatic heterocycles. The molecule has 1 aromatic heterocycles. The van der Waals surface area contributed by atoms with Crippen molar-refractivity contribution in [2.45, 2.75) is 12.4 Å². The van der Waals surface area contributed by atoms with Gasteiger partial charge in [0, 0.05) is 18.5 Å². The van der Waals surface area contributed by atoms with Gasteiger partial charge in [-0.25, -0.2) is 4.98 Å². The molecule has 0 radical (unpaired) electrons. The Labute approximate surface area is 102 Å². The van der Waals surface area contributed by atoms with E-state index in [2.05, 4.69) is 10.3 Å². The van der Waals surface area contributed by atoms with Crippen LogP contribution in [0.2, 0.25) is 0 Å². The molecule has 1 N–H and O–H groups in total. The molecule has 0 amide bonds. The Morgan fingerprint density at radius 3 is 2.88 bits per heavy atom. The number of nitrogens with zero attached hydrogens (tertiary/aromatic N) is 1. The molecule has 3 nitrogen and oxygen atoms in total. The van der Waals surface area contributed by atoms with Crippen molar-refractivity contribution >= 4 is 17.6 Å². The summed E-state index contributed by atoms with van der Waals surface area (Å²) in [5.41, 5.74) is -4.19. The zero-order valence-corrected chi connectivity index (χ0v) is 10.1. The largest absolute Gasteiger partial charge is 0.490 e. The molecule has 1 heterocycles. The minimum Gasteiger partial charge on any atom is -0.490 e. The maximum Gasteiger partial charge on any atom is 0.441 e. The number of hydrogen-bond donors (Lipinski definition) is 1. The van der Waals surface area contributed by atoms with E-state index in [0.717, 1.165) is 0 Å². The maximum absolute atomic E-state index is 11.9. The Balaban J connectivity index is 2.41. The molecule has 1 rings (SSSR count). The lowest BCUT2D eigenvalue weighted by Crippen LogP contribution is -2.11. The van der Waals surface area contributed by atoms with Gasteiger partial charge in [0.05, 0.1) is 6.61 Å². The lowest BCUT2D eigenvalue weighted by atomic mass is 10.4. The van der Waals surface area contributed by atoms with Crippen LogP contribution in [0.4, 0.5) is 19.0 Å². The molecule has 96 valence electrons. The average Bonchev–Trinajstić information content (AvgIpc) is 2.25. The molecule has 0 bridgehead atoms. The van der Waals surface area contributed by atoms with Gasteiger partial charge in [0.1, 0.15) is 0 Å². The van der Waals surface area contributed by atoms with Crippen molar-refractivity contribution in [3.8, 4) is 5.75 Å². The SMILES string of the molecule is CCOc1cccnc1NCCSC(F)(F)F. The van der Waals surface area contributed by atoms with Gasteiger partial charge in [-0.2, -0.15) is 13.2 Å². The fourth-order valence-corrected chi connectivity index (χ4v) is 1.57. The van der Waals surface area contributed by atoms with Gasteiger partial charge >= 0.3 is 5.51 Å². The van der Waals surface area contributed by atoms with Crippen LogP contribution in [0.15, 0.2) is 18.3 Å². The summed E-state index contributed by atoms with van der Waals surface area (Å²) in [6, 6.07) is 3.43. The highest BCUT2D eigenvalue weighted by molar-refractivity contribution is 8.00. The van der Waals surface area contributed by atoms with Crippen molar-refractivity contribution in [3.63, 3.8) is 0 Å². The molecule has 1 aromatic rings. The van der Waals surface area contributed by atoms with Crippen LogP contribution in [0.25, 0.3) is 0 Å². The number of thioether (sulfide) groups is 1. The number of nitrogens with one attached hydrogen (secondary N) is 1. The first kappa shape index (κ1) is 14.0. The standard InChI is InChI=1S/C10H13F3N2OS/c1-2-16-8-4-3-5-14-9(8)15-6-7-17-10(11,12)13/h3-5H,2,6-7H2,1H3,(H,14,15). The van der Waals surface area contributed by atoms with Crippen molar-refractivity contribution in [1.82, 2.24) is 4.98 Å². The number of pyridine rings is 1. The number of ether oxygens (including phenoxy) is 1. The molecule has 0 spiro atoms. The predicted molar refractivity (Wildman–Crippen MR) is 62.4 cm³/mol. The number of alkyl halides is 3. The summed E-state index contributed by atoms with van der Waals surface area (Å²) in [6.45, 7) is 2.50. The quantitative estimate of drug-likeness (QED) is 0.802. The van der Waals surface area contributed by atoms with Gasteiger partial charge in [-0.05, 0) is 30.8 Å². The van der Waals surface area contributed by atoms with Crippen LogP contribution in [-0.2, 0) is 0 Å². The van der Waals surface area contributed by atoms with E-state index in [1.807, 2.05) is 6.92 Å². The summed E-state index contributed by atoms with van der Waals surface area (Å²) in [4.78, 5) is 4.00. The van der Waals surface area contributed by atoms with E-state index in [1.54, 1.807) is 18.3 Å². The predicted octanol–water partition coefficient (Wildman–Crippen LogP) is 3.15. The zero-order valence-electron chi connectivity index (χ0n) is 9.25. The molecule has 0 fully saturated rings. The van der Waals surface area contributed by atoms with Crippen LogP contribution < -0.4 is 10.1 Å². The molecule has 0 saturated heterocycles. The first-order chi connectivity index (χ1) is 8.03. The minimum absolute atomic E-state index is 0.0591. The highest BCUT2D eigenvalue weighted by Gasteiger charge is 2.27. The second-order valence-electron chi connectivity index (χ2n) is 3.00. The summed E-state index contributed by atoms with van der Waals surface area (Å²) < 4.78 is 40.9. The maximum atomic E-state index is 11.9. The fourth-order valence-electron chi connectivity index (χ4n) is 1.13. The normalized spacial score (nSPS) is 11.3. The van der Waals surface area contributed by atoms with E-state index in [4.69, 9.17) is 4.74 Å². The monoisotopic (exact) mass is 266 g/mol. The van der Waals surface area contributed by atoms with E-state index in [1.165, 1.54) is 0 Å².